The summed E-state index contributed by atoms with van der Waals surface area (Å²) in [6, 6.07) is 14.5. The first-order valence-electron chi connectivity index (χ1n) is 12.1. The van der Waals surface area contributed by atoms with Gasteiger partial charge in [0.1, 0.15) is 22.9 Å². The normalized spacial score (nSPS) is 10.7. The highest BCUT2D eigenvalue weighted by atomic mass is 16.2. The van der Waals surface area contributed by atoms with E-state index in [1.807, 2.05) is 0 Å². The molecular formula is C28H29N7O5. The van der Waals surface area contributed by atoms with Gasteiger partial charge in [-0.3, -0.25) is 24.0 Å². The molecular weight excluding hydrogens is 514 g/mol. The molecule has 206 valence electrons. The number of carbonyl (C=O) groups excluding carboxylic acids is 5. The number of benzene rings is 3. The van der Waals surface area contributed by atoms with E-state index in [2.05, 4.69) is 26.2 Å². The van der Waals surface area contributed by atoms with Crippen LogP contribution in [0.15, 0.2) is 64.8 Å². The standard InChI is InChI=1S/C28H29N7O5/c1-15(36)12-25(39)32-22-10-6-19(29)14-24(22)34-35-28-23(33-26(40)13-16(2)37)11-9-21(30)27(28)18-4-7-20(8-5-18)31-17(3)38/h4-11,14H,12-13,29-30H2,1-3H3,(H,31,38)(H,32,39)(H,33,40). The Kier molecular flexibility index (Phi) is 9.42. The van der Waals surface area contributed by atoms with Crippen molar-refractivity contribution in [1.82, 2.24) is 0 Å². The molecule has 0 aliphatic carbocycles. The van der Waals surface area contributed by atoms with Gasteiger partial charge >= 0.3 is 0 Å². The van der Waals surface area contributed by atoms with Crippen LogP contribution in [0, 0.1) is 0 Å². The van der Waals surface area contributed by atoms with Crippen LogP contribution in [0.3, 0.4) is 0 Å². The zero-order valence-electron chi connectivity index (χ0n) is 22.2. The second-order valence-corrected chi connectivity index (χ2v) is 9.02. The van der Waals surface area contributed by atoms with Crippen molar-refractivity contribution in [2.24, 2.45) is 10.2 Å². The van der Waals surface area contributed by atoms with Gasteiger partial charge in [-0.25, -0.2) is 0 Å². The molecule has 0 saturated carbocycles. The van der Waals surface area contributed by atoms with Crippen molar-refractivity contribution < 1.29 is 24.0 Å². The number of hydrogen-bond acceptors (Lipinski definition) is 9. The van der Waals surface area contributed by atoms with Gasteiger partial charge in [0.2, 0.25) is 17.7 Å². The Labute approximate surface area is 230 Å². The summed E-state index contributed by atoms with van der Waals surface area (Å²) < 4.78 is 0. The van der Waals surface area contributed by atoms with Crippen LogP contribution in [-0.2, 0) is 24.0 Å². The van der Waals surface area contributed by atoms with Crippen molar-refractivity contribution >= 4 is 69.1 Å². The van der Waals surface area contributed by atoms with E-state index < -0.39 is 11.8 Å². The van der Waals surface area contributed by atoms with Crippen LogP contribution in [0.5, 0.6) is 0 Å². The Bertz CT molecular complexity index is 1510. The van der Waals surface area contributed by atoms with Gasteiger partial charge in [0, 0.05) is 29.5 Å². The summed E-state index contributed by atoms with van der Waals surface area (Å²) >= 11 is 0. The molecule has 12 heteroatoms. The fourth-order valence-electron chi connectivity index (χ4n) is 3.72. The van der Waals surface area contributed by atoms with E-state index in [1.54, 1.807) is 36.4 Å². The van der Waals surface area contributed by atoms with Gasteiger partial charge < -0.3 is 27.4 Å². The summed E-state index contributed by atoms with van der Waals surface area (Å²) in [5.74, 6) is -1.95. The molecule has 12 nitrogen and oxygen atoms in total. The van der Waals surface area contributed by atoms with E-state index >= 15 is 0 Å². The molecule has 7 N–H and O–H groups in total. The van der Waals surface area contributed by atoms with Crippen molar-refractivity contribution in [2.45, 2.75) is 33.6 Å². The third-order valence-electron chi connectivity index (χ3n) is 5.35. The highest BCUT2D eigenvalue weighted by Crippen LogP contribution is 2.43. The maximum atomic E-state index is 12.5. The average Bonchev–Trinajstić information content (AvgIpc) is 2.85. The van der Waals surface area contributed by atoms with E-state index in [0.717, 1.165) is 0 Å². The number of carbonyl (C=O) groups is 5. The van der Waals surface area contributed by atoms with Crippen molar-refractivity contribution in [3.63, 3.8) is 0 Å². The number of Topliss-reactive ketones (excluding diaryl/α,β-unsaturated/α-hetero) is 2. The minimum atomic E-state index is -0.554. The number of nitrogens with two attached hydrogens (primary N) is 2. The third-order valence-corrected chi connectivity index (χ3v) is 5.35. The quantitative estimate of drug-likeness (QED) is 0.138. The molecule has 0 spiro atoms. The Hall–Kier alpha value is -5.39. The lowest BCUT2D eigenvalue weighted by Crippen LogP contribution is -2.15. The van der Waals surface area contributed by atoms with Crippen molar-refractivity contribution in [3.8, 4) is 11.1 Å². The number of anilines is 5. The van der Waals surface area contributed by atoms with E-state index in [-0.39, 0.29) is 53.1 Å². The summed E-state index contributed by atoms with van der Waals surface area (Å²) in [5, 5.41) is 16.7. The summed E-state index contributed by atoms with van der Waals surface area (Å²) in [6.07, 6.45) is -0.662. The fraction of sp³-hybridized carbons (Fsp3) is 0.179. The van der Waals surface area contributed by atoms with Gasteiger partial charge in [-0.15, -0.1) is 10.2 Å². The van der Waals surface area contributed by atoms with Crippen molar-refractivity contribution in [2.75, 3.05) is 27.4 Å². The molecule has 0 bridgehead atoms. The molecule has 0 saturated heterocycles. The number of nitrogen functional groups attached to an aromatic ring is 2. The van der Waals surface area contributed by atoms with E-state index in [0.29, 0.717) is 28.2 Å². The van der Waals surface area contributed by atoms with Crippen LogP contribution in [0.4, 0.5) is 39.8 Å². The number of amides is 3. The predicted octanol–water partition coefficient (Wildman–Crippen LogP) is 4.73. The predicted molar refractivity (Wildman–Crippen MR) is 153 cm³/mol. The Morgan fingerprint density at radius 1 is 0.700 bits per heavy atom. The monoisotopic (exact) mass is 543 g/mol. The maximum Gasteiger partial charge on any atom is 0.231 e. The molecule has 0 aromatic heterocycles. The van der Waals surface area contributed by atoms with E-state index in [1.165, 1.54) is 39.0 Å². The molecule has 3 aromatic rings. The smallest absolute Gasteiger partial charge is 0.231 e. The van der Waals surface area contributed by atoms with Crippen LogP contribution >= 0.6 is 0 Å². The Balaban J connectivity index is 2.13. The number of azo groups is 1. The topological polar surface area (TPSA) is 198 Å². The molecule has 3 aromatic carbocycles. The lowest BCUT2D eigenvalue weighted by Gasteiger charge is -2.15. The van der Waals surface area contributed by atoms with Gasteiger partial charge in [-0.2, -0.15) is 0 Å². The molecule has 0 aliphatic rings. The molecule has 3 amide bonds. The molecule has 0 heterocycles. The van der Waals surface area contributed by atoms with Gasteiger partial charge in [-0.05, 0) is 61.9 Å². The minimum absolute atomic E-state index is 0.174. The van der Waals surface area contributed by atoms with Gasteiger partial charge in [-0.1, -0.05) is 12.1 Å². The minimum Gasteiger partial charge on any atom is -0.399 e. The highest BCUT2D eigenvalue weighted by Gasteiger charge is 2.18. The lowest BCUT2D eigenvalue weighted by molar-refractivity contribution is -0.125. The number of rotatable bonds is 10. The largest absolute Gasteiger partial charge is 0.399 e. The van der Waals surface area contributed by atoms with Gasteiger partial charge in [0.25, 0.3) is 0 Å². The third kappa shape index (κ3) is 8.05. The van der Waals surface area contributed by atoms with Crippen LogP contribution in [0.2, 0.25) is 0 Å². The fourth-order valence-corrected chi connectivity index (χ4v) is 3.72. The van der Waals surface area contributed by atoms with Crippen LogP contribution in [0.25, 0.3) is 11.1 Å². The second-order valence-electron chi connectivity index (χ2n) is 9.02. The number of hydrogen-bond donors (Lipinski definition) is 5. The molecule has 3 rings (SSSR count). The zero-order chi connectivity index (χ0) is 29.4. The Morgan fingerprint density at radius 3 is 1.85 bits per heavy atom. The number of nitrogens with zero attached hydrogens (tertiary/aromatic N) is 2. The molecule has 0 atom stereocenters. The lowest BCUT2D eigenvalue weighted by atomic mass is 10.00. The summed E-state index contributed by atoms with van der Waals surface area (Å²) in [7, 11) is 0. The summed E-state index contributed by atoms with van der Waals surface area (Å²) in [4.78, 5) is 59.0. The molecule has 0 unspecified atom stereocenters. The zero-order valence-corrected chi connectivity index (χ0v) is 22.2. The highest BCUT2D eigenvalue weighted by molar-refractivity contribution is 6.07. The van der Waals surface area contributed by atoms with E-state index in [9.17, 15) is 24.0 Å². The van der Waals surface area contributed by atoms with Crippen molar-refractivity contribution in [3.05, 3.63) is 54.6 Å². The van der Waals surface area contributed by atoms with Crippen LogP contribution in [-0.4, -0.2) is 29.3 Å². The molecule has 0 aliphatic heterocycles. The SMILES string of the molecule is CC(=O)CC(=O)Nc1ccc(N)cc1N=Nc1c(NC(=O)CC(C)=O)ccc(N)c1-c1ccc(NC(C)=O)cc1. The first kappa shape index (κ1) is 29.2. The van der Waals surface area contributed by atoms with Gasteiger partial charge in [0.15, 0.2) is 0 Å². The van der Waals surface area contributed by atoms with E-state index in [4.69, 9.17) is 11.5 Å². The van der Waals surface area contributed by atoms with Crippen LogP contribution in [0.1, 0.15) is 33.6 Å². The van der Waals surface area contributed by atoms with Crippen molar-refractivity contribution in [1.29, 1.82) is 0 Å². The van der Waals surface area contributed by atoms with Crippen LogP contribution < -0.4 is 27.4 Å². The molecule has 0 radical (unpaired) electrons. The molecule has 0 fully saturated rings. The molecule has 40 heavy (non-hydrogen) atoms. The maximum absolute atomic E-state index is 12.5. The summed E-state index contributed by atoms with van der Waals surface area (Å²) in [6.45, 7) is 3.99. The second kappa shape index (κ2) is 12.9. The first-order valence-corrected chi connectivity index (χ1v) is 12.1. The first-order chi connectivity index (χ1) is 18.9. The number of ketones is 2. The number of nitrogens with one attached hydrogen (secondary N) is 3. The Morgan fingerprint density at radius 2 is 1.27 bits per heavy atom. The van der Waals surface area contributed by atoms with Gasteiger partial charge in [0.05, 0.1) is 24.2 Å². The average molecular weight is 544 g/mol. The summed E-state index contributed by atoms with van der Waals surface area (Å²) in [5.41, 5.74) is 15.4.